The molecule has 0 amide bonds. The van der Waals surface area contributed by atoms with Gasteiger partial charge in [0.15, 0.2) is 6.29 Å². The third-order valence-corrected chi connectivity index (χ3v) is 3.00. The van der Waals surface area contributed by atoms with E-state index in [9.17, 15) is 15.3 Å². The summed E-state index contributed by atoms with van der Waals surface area (Å²) >= 11 is 0. The van der Waals surface area contributed by atoms with Crippen LogP contribution in [0.1, 0.15) is 6.42 Å². The van der Waals surface area contributed by atoms with Crippen LogP contribution in [0.25, 0.3) is 0 Å². The first-order chi connectivity index (χ1) is 8.13. The van der Waals surface area contributed by atoms with E-state index in [1.807, 2.05) is 0 Å². The number of rotatable bonds is 5. The fourth-order valence-electron chi connectivity index (χ4n) is 1.82. The largest absolute Gasteiger partial charge is 0.394 e. The lowest BCUT2D eigenvalue weighted by Crippen LogP contribution is -2.59. The van der Waals surface area contributed by atoms with Crippen LogP contribution in [0.3, 0.4) is 0 Å². The van der Waals surface area contributed by atoms with Crippen molar-refractivity contribution in [1.82, 2.24) is 0 Å². The molecule has 1 unspecified atom stereocenters. The summed E-state index contributed by atoms with van der Waals surface area (Å²) in [4.78, 5) is 0. The highest BCUT2D eigenvalue weighted by Gasteiger charge is 2.44. The Morgan fingerprint density at radius 1 is 1.18 bits per heavy atom. The van der Waals surface area contributed by atoms with Gasteiger partial charge in [-0.3, -0.25) is 0 Å². The van der Waals surface area contributed by atoms with E-state index in [2.05, 4.69) is 0 Å². The first-order valence-electron chi connectivity index (χ1n) is 5.67. The molecule has 100 valence electrons. The summed E-state index contributed by atoms with van der Waals surface area (Å²) in [5.41, 5.74) is 0. The lowest BCUT2D eigenvalue weighted by molar-refractivity contribution is -0.296. The number of aliphatic hydroxyl groups excluding tert-OH is 4. The van der Waals surface area contributed by atoms with Gasteiger partial charge in [0, 0.05) is 6.61 Å². The van der Waals surface area contributed by atoms with Crippen molar-refractivity contribution >= 4 is 0 Å². The standard InChI is InChI=1S/C10H18O7/c11-3-6-7(12)8(13)9(10(14)17-6)15-2-1-5-4-16-5/h5-14H,1-4H2/t5?,6-,7-,8+,9-,10+/m1/s1. The van der Waals surface area contributed by atoms with E-state index in [0.717, 1.165) is 0 Å². The molecule has 2 rings (SSSR count). The van der Waals surface area contributed by atoms with Gasteiger partial charge in [0.05, 0.1) is 19.3 Å². The van der Waals surface area contributed by atoms with E-state index < -0.39 is 37.3 Å². The van der Waals surface area contributed by atoms with Gasteiger partial charge < -0.3 is 34.6 Å². The minimum Gasteiger partial charge on any atom is -0.394 e. The Kier molecular flexibility index (Phi) is 4.31. The van der Waals surface area contributed by atoms with E-state index in [0.29, 0.717) is 19.6 Å². The van der Waals surface area contributed by atoms with E-state index in [1.54, 1.807) is 0 Å². The lowest BCUT2D eigenvalue weighted by Gasteiger charge is -2.39. The van der Waals surface area contributed by atoms with Crippen molar-refractivity contribution in [3.05, 3.63) is 0 Å². The molecule has 7 heteroatoms. The summed E-state index contributed by atoms with van der Waals surface area (Å²) in [6.07, 6.45) is -5.04. The molecule has 17 heavy (non-hydrogen) atoms. The van der Waals surface area contributed by atoms with Gasteiger partial charge in [0.25, 0.3) is 0 Å². The summed E-state index contributed by atoms with van der Waals surface area (Å²) in [5, 5.41) is 37.8. The maximum Gasteiger partial charge on any atom is 0.184 e. The van der Waals surface area contributed by atoms with Gasteiger partial charge >= 0.3 is 0 Å². The maximum atomic E-state index is 9.73. The van der Waals surface area contributed by atoms with Crippen LogP contribution in [0.4, 0.5) is 0 Å². The third-order valence-electron chi connectivity index (χ3n) is 3.00. The van der Waals surface area contributed by atoms with Crippen molar-refractivity contribution in [2.24, 2.45) is 0 Å². The average molecular weight is 250 g/mol. The van der Waals surface area contributed by atoms with Crippen LogP contribution in [0, 0.1) is 0 Å². The average Bonchev–Trinajstić information content (AvgIpc) is 3.12. The molecule has 0 aromatic rings. The third kappa shape index (κ3) is 3.14. The van der Waals surface area contributed by atoms with Crippen LogP contribution in [0.2, 0.25) is 0 Å². The van der Waals surface area contributed by atoms with Crippen LogP contribution in [-0.4, -0.2) is 77.1 Å². The smallest absolute Gasteiger partial charge is 0.184 e. The van der Waals surface area contributed by atoms with Gasteiger partial charge in [-0.1, -0.05) is 0 Å². The predicted molar refractivity (Wildman–Crippen MR) is 54.1 cm³/mol. The molecule has 0 aromatic heterocycles. The second-order valence-electron chi connectivity index (χ2n) is 4.31. The number of hydrogen-bond acceptors (Lipinski definition) is 7. The number of aliphatic hydroxyl groups is 4. The Morgan fingerprint density at radius 2 is 1.88 bits per heavy atom. The van der Waals surface area contributed by atoms with E-state index in [4.69, 9.17) is 19.3 Å². The number of ether oxygens (including phenoxy) is 3. The highest BCUT2D eigenvalue weighted by molar-refractivity contribution is 4.89. The van der Waals surface area contributed by atoms with Crippen molar-refractivity contribution in [3.63, 3.8) is 0 Å². The summed E-state index contributed by atoms with van der Waals surface area (Å²) in [7, 11) is 0. The summed E-state index contributed by atoms with van der Waals surface area (Å²) in [5.74, 6) is 0. The highest BCUT2D eigenvalue weighted by atomic mass is 16.7. The molecule has 6 atom stereocenters. The Bertz CT molecular complexity index is 245. The van der Waals surface area contributed by atoms with Gasteiger partial charge in [0.2, 0.25) is 0 Å². The molecule has 0 bridgehead atoms. The first-order valence-corrected chi connectivity index (χ1v) is 5.67. The van der Waals surface area contributed by atoms with Crippen LogP contribution >= 0.6 is 0 Å². The molecular formula is C10H18O7. The van der Waals surface area contributed by atoms with Crippen molar-refractivity contribution in [1.29, 1.82) is 0 Å². The zero-order valence-electron chi connectivity index (χ0n) is 9.31. The Morgan fingerprint density at radius 3 is 2.47 bits per heavy atom. The summed E-state index contributed by atoms with van der Waals surface area (Å²) in [6, 6.07) is 0. The molecule has 2 aliphatic rings. The number of hydrogen-bond donors (Lipinski definition) is 4. The lowest BCUT2D eigenvalue weighted by atomic mass is 9.99. The van der Waals surface area contributed by atoms with Crippen molar-refractivity contribution in [2.45, 2.75) is 43.2 Å². The first kappa shape index (κ1) is 13.2. The second-order valence-corrected chi connectivity index (χ2v) is 4.31. The zero-order valence-corrected chi connectivity index (χ0v) is 9.31. The van der Waals surface area contributed by atoms with Gasteiger partial charge in [-0.2, -0.15) is 0 Å². The highest BCUT2D eigenvalue weighted by Crippen LogP contribution is 2.23. The summed E-state index contributed by atoms with van der Waals surface area (Å²) < 4.78 is 15.2. The Hall–Kier alpha value is -0.280. The van der Waals surface area contributed by atoms with Crippen molar-refractivity contribution in [2.75, 3.05) is 19.8 Å². The molecule has 4 N–H and O–H groups in total. The van der Waals surface area contributed by atoms with Crippen LogP contribution in [0.5, 0.6) is 0 Å². The van der Waals surface area contributed by atoms with Crippen molar-refractivity contribution < 1.29 is 34.6 Å². The molecule has 0 aliphatic carbocycles. The molecule has 2 aliphatic heterocycles. The fraction of sp³-hybridized carbons (Fsp3) is 1.00. The molecule has 0 radical (unpaired) electrons. The molecular weight excluding hydrogens is 232 g/mol. The van der Waals surface area contributed by atoms with E-state index in [1.165, 1.54) is 0 Å². The van der Waals surface area contributed by atoms with Crippen LogP contribution in [-0.2, 0) is 14.2 Å². The Balaban J connectivity index is 1.82. The molecule has 0 aromatic carbocycles. The Labute approximate surface area is 98.5 Å². The van der Waals surface area contributed by atoms with Crippen LogP contribution in [0.15, 0.2) is 0 Å². The number of epoxide rings is 1. The monoisotopic (exact) mass is 250 g/mol. The molecule has 0 saturated carbocycles. The second kappa shape index (κ2) is 5.57. The van der Waals surface area contributed by atoms with Crippen molar-refractivity contribution in [3.8, 4) is 0 Å². The molecule has 2 fully saturated rings. The quantitative estimate of drug-likeness (QED) is 0.402. The van der Waals surface area contributed by atoms with Crippen LogP contribution < -0.4 is 0 Å². The minimum absolute atomic E-state index is 0.198. The minimum atomic E-state index is -1.36. The molecule has 0 spiro atoms. The van der Waals surface area contributed by atoms with E-state index in [-0.39, 0.29) is 6.10 Å². The van der Waals surface area contributed by atoms with E-state index >= 15 is 0 Å². The zero-order chi connectivity index (χ0) is 12.4. The molecule has 2 heterocycles. The van der Waals surface area contributed by atoms with Gasteiger partial charge in [-0.25, -0.2) is 0 Å². The molecule has 7 nitrogen and oxygen atoms in total. The summed E-state index contributed by atoms with van der Waals surface area (Å²) in [6.45, 7) is 0.548. The van der Waals surface area contributed by atoms with Gasteiger partial charge in [0.1, 0.15) is 24.4 Å². The van der Waals surface area contributed by atoms with Gasteiger partial charge in [-0.15, -0.1) is 0 Å². The topological polar surface area (TPSA) is 112 Å². The maximum absolute atomic E-state index is 9.73. The predicted octanol–water partition coefficient (Wildman–Crippen LogP) is -2.41. The fourth-order valence-corrected chi connectivity index (χ4v) is 1.82. The molecule has 2 saturated heterocycles. The SMILES string of the molecule is OC[C@H]1O[C@H](O)[C@H](OCCC2CO2)[C@@H](O)[C@@H]1O. The normalized spacial score (nSPS) is 45.9. The van der Waals surface area contributed by atoms with Gasteiger partial charge in [-0.05, 0) is 6.42 Å².